The van der Waals surface area contributed by atoms with E-state index in [4.69, 9.17) is 0 Å². The Morgan fingerprint density at radius 1 is 1.28 bits per heavy atom. The van der Waals surface area contributed by atoms with Crippen molar-refractivity contribution in [1.82, 2.24) is 15.2 Å². The summed E-state index contributed by atoms with van der Waals surface area (Å²) >= 11 is 0. The molecule has 1 aromatic heterocycles. The molecule has 2 heterocycles. The van der Waals surface area contributed by atoms with Gasteiger partial charge in [-0.2, -0.15) is 0 Å². The normalized spacial score (nSPS) is 24.1. The van der Waals surface area contributed by atoms with Crippen LogP contribution < -0.4 is 5.32 Å². The number of nitrogens with one attached hydrogen (secondary N) is 1. The average Bonchev–Trinajstić information content (AvgIpc) is 2.26. The molecule has 1 fully saturated rings. The third kappa shape index (κ3) is 2.70. The maximum Gasteiger partial charge on any atom is 0.255 e. The molecule has 0 saturated carbocycles. The summed E-state index contributed by atoms with van der Waals surface area (Å²) in [4.78, 5) is 18.8. The minimum Gasteiger partial charge on any atom is -0.335 e. The van der Waals surface area contributed by atoms with E-state index in [0.717, 1.165) is 30.0 Å². The molecule has 1 aliphatic heterocycles. The molecule has 0 bridgehead atoms. The molecule has 2 atom stereocenters. The zero-order valence-corrected chi connectivity index (χ0v) is 11.5. The number of pyridine rings is 1. The Balaban J connectivity index is 2.20. The molecule has 2 rings (SSSR count). The number of aryl methyl sites for hydroxylation is 2. The Hall–Kier alpha value is -1.42. The molecule has 1 aliphatic rings. The highest BCUT2D eigenvalue weighted by Crippen LogP contribution is 2.13. The second kappa shape index (κ2) is 5.06. The van der Waals surface area contributed by atoms with Crippen molar-refractivity contribution >= 4 is 5.91 Å². The smallest absolute Gasteiger partial charge is 0.255 e. The summed E-state index contributed by atoms with van der Waals surface area (Å²) in [5, 5.41) is 3.43. The van der Waals surface area contributed by atoms with Gasteiger partial charge in [-0.05, 0) is 39.8 Å². The highest BCUT2D eigenvalue weighted by atomic mass is 16.2. The van der Waals surface area contributed by atoms with E-state index in [1.54, 1.807) is 0 Å². The van der Waals surface area contributed by atoms with Crippen LogP contribution in [0.3, 0.4) is 0 Å². The van der Waals surface area contributed by atoms with Crippen molar-refractivity contribution in [3.8, 4) is 0 Å². The predicted octanol–water partition coefficient (Wildman–Crippen LogP) is 1.52. The van der Waals surface area contributed by atoms with Gasteiger partial charge in [-0.1, -0.05) is 0 Å². The molecule has 0 spiro atoms. The van der Waals surface area contributed by atoms with E-state index in [1.807, 2.05) is 30.9 Å². The van der Waals surface area contributed by atoms with Gasteiger partial charge in [0.15, 0.2) is 0 Å². The lowest BCUT2D eigenvalue weighted by Crippen LogP contribution is -2.55. The van der Waals surface area contributed by atoms with Crippen LogP contribution in [0.5, 0.6) is 0 Å². The van der Waals surface area contributed by atoms with Gasteiger partial charge < -0.3 is 10.2 Å². The fourth-order valence-electron chi connectivity index (χ4n) is 2.58. The zero-order chi connectivity index (χ0) is 13.3. The highest BCUT2D eigenvalue weighted by Gasteiger charge is 2.26. The van der Waals surface area contributed by atoms with Crippen molar-refractivity contribution in [2.75, 3.05) is 13.1 Å². The minimum absolute atomic E-state index is 0.0974. The topological polar surface area (TPSA) is 45.2 Å². The van der Waals surface area contributed by atoms with E-state index in [2.05, 4.69) is 24.1 Å². The van der Waals surface area contributed by atoms with E-state index in [-0.39, 0.29) is 5.91 Å². The van der Waals surface area contributed by atoms with E-state index in [9.17, 15) is 4.79 Å². The molecule has 1 aromatic rings. The number of piperazine rings is 1. The second-order valence-electron chi connectivity index (χ2n) is 5.26. The van der Waals surface area contributed by atoms with Crippen molar-refractivity contribution in [3.05, 3.63) is 29.1 Å². The van der Waals surface area contributed by atoms with Gasteiger partial charge in [0.05, 0.1) is 11.3 Å². The van der Waals surface area contributed by atoms with E-state index < -0.39 is 0 Å². The Labute approximate surface area is 108 Å². The van der Waals surface area contributed by atoms with Crippen LogP contribution in [0.25, 0.3) is 0 Å². The lowest BCUT2D eigenvalue weighted by atomic mass is 10.1. The molecule has 4 nitrogen and oxygen atoms in total. The first-order chi connectivity index (χ1) is 8.47. The van der Waals surface area contributed by atoms with Gasteiger partial charge in [0.25, 0.3) is 5.91 Å². The van der Waals surface area contributed by atoms with Gasteiger partial charge in [-0.25, -0.2) is 0 Å². The zero-order valence-electron chi connectivity index (χ0n) is 11.5. The maximum absolute atomic E-state index is 12.5. The van der Waals surface area contributed by atoms with E-state index >= 15 is 0 Å². The van der Waals surface area contributed by atoms with Crippen molar-refractivity contribution in [2.24, 2.45) is 0 Å². The van der Waals surface area contributed by atoms with Crippen LogP contribution in [-0.2, 0) is 0 Å². The highest BCUT2D eigenvalue weighted by molar-refractivity contribution is 5.95. The van der Waals surface area contributed by atoms with Crippen LogP contribution in [0.4, 0.5) is 0 Å². The number of carbonyl (C=O) groups excluding carboxylic acids is 1. The molecule has 0 aromatic carbocycles. The van der Waals surface area contributed by atoms with Gasteiger partial charge >= 0.3 is 0 Å². The predicted molar refractivity (Wildman–Crippen MR) is 71.7 cm³/mol. The van der Waals surface area contributed by atoms with Gasteiger partial charge in [0.2, 0.25) is 0 Å². The van der Waals surface area contributed by atoms with Crippen molar-refractivity contribution in [3.63, 3.8) is 0 Å². The standard InChI is InChI=1S/C14H21N3O/c1-9-5-6-13(12(4)16-9)14(18)17-7-10(2)15-11(3)8-17/h5-6,10-11,15H,7-8H2,1-4H3/t10-,11-/m1/s1. The average molecular weight is 247 g/mol. The first-order valence-electron chi connectivity index (χ1n) is 6.47. The van der Waals surface area contributed by atoms with Crippen molar-refractivity contribution in [2.45, 2.75) is 39.8 Å². The van der Waals surface area contributed by atoms with Gasteiger partial charge in [0.1, 0.15) is 0 Å². The summed E-state index contributed by atoms with van der Waals surface area (Å²) in [6, 6.07) is 4.47. The number of amides is 1. The molecule has 4 heteroatoms. The Kier molecular flexibility index (Phi) is 3.66. The number of aromatic nitrogens is 1. The van der Waals surface area contributed by atoms with Crippen LogP contribution in [0.1, 0.15) is 35.6 Å². The number of hydrogen-bond acceptors (Lipinski definition) is 3. The Morgan fingerprint density at radius 2 is 1.89 bits per heavy atom. The molecule has 0 unspecified atom stereocenters. The molecule has 98 valence electrons. The Morgan fingerprint density at radius 3 is 2.44 bits per heavy atom. The van der Waals surface area contributed by atoms with Crippen molar-refractivity contribution in [1.29, 1.82) is 0 Å². The fourth-order valence-corrected chi connectivity index (χ4v) is 2.58. The van der Waals surface area contributed by atoms with Gasteiger partial charge in [-0.15, -0.1) is 0 Å². The third-order valence-corrected chi connectivity index (χ3v) is 3.30. The van der Waals surface area contributed by atoms with Gasteiger partial charge in [0, 0.05) is 30.9 Å². The summed E-state index contributed by atoms with van der Waals surface area (Å²) in [6.45, 7) is 9.57. The first-order valence-corrected chi connectivity index (χ1v) is 6.47. The molecular weight excluding hydrogens is 226 g/mol. The number of carbonyl (C=O) groups is 1. The number of hydrogen-bond donors (Lipinski definition) is 1. The summed E-state index contributed by atoms with van der Waals surface area (Å²) < 4.78 is 0. The summed E-state index contributed by atoms with van der Waals surface area (Å²) in [6.07, 6.45) is 0. The molecule has 0 aliphatic carbocycles. The molecular formula is C14H21N3O. The fraction of sp³-hybridized carbons (Fsp3) is 0.571. The largest absolute Gasteiger partial charge is 0.335 e. The molecule has 1 saturated heterocycles. The maximum atomic E-state index is 12.5. The van der Waals surface area contributed by atoms with E-state index in [0.29, 0.717) is 12.1 Å². The van der Waals surface area contributed by atoms with Crippen LogP contribution in [0.15, 0.2) is 12.1 Å². The van der Waals surface area contributed by atoms with Crippen LogP contribution >= 0.6 is 0 Å². The summed E-state index contributed by atoms with van der Waals surface area (Å²) in [5.41, 5.74) is 2.49. The summed E-state index contributed by atoms with van der Waals surface area (Å²) in [5.74, 6) is 0.0974. The number of rotatable bonds is 1. The third-order valence-electron chi connectivity index (χ3n) is 3.30. The van der Waals surface area contributed by atoms with Crippen LogP contribution in [-0.4, -0.2) is 41.0 Å². The van der Waals surface area contributed by atoms with E-state index in [1.165, 1.54) is 0 Å². The monoisotopic (exact) mass is 247 g/mol. The quantitative estimate of drug-likeness (QED) is 0.818. The SMILES string of the molecule is Cc1ccc(C(=O)N2C[C@@H](C)N[C@H](C)C2)c(C)n1. The molecule has 0 radical (unpaired) electrons. The summed E-state index contributed by atoms with van der Waals surface area (Å²) in [7, 11) is 0. The minimum atomic E-state index is 0.0974. The molecule has 18 heavy (non-hydrogen) atoms. The Bertz CT molecular complexity index is 448. The van der Waals surface area contributed by atoms with Crippen LogP contribution in [0.2, 0.25) is 0 Å². The van der Waals surface area contributed by atoms with Gasteiger partial charge in [-0.3, -0.25) is 9.78 Å². The lowest BCUT2D eigenvalue weighted by molar-refractivity contribution is 0.0672. The second-order valence-corrected chi connectivity index (χ2v) is 5.26. The van der Waals surface area contributed by atoms with Crippen molar-refractivity contribution < 1.29 is 4.79 Å². The number of nitrogens with zero attached hydrogens (tertiary/aromatic N) is 2. The molecule has 1 N–H and O–H groups in total. The van der Waals surface area contributed by atoms with Crippen LogP contribution in [0, 0.1) is 13.8 Å². The first kappa shape index (κ1) is 13.0. The lowest BCUT2D eigenvalue weighted by Gasteiger charge is -2.36. The molecule has 1 amide bonds.